The molecule has 0 bridgehead atoms. The minimum absolute atomic E-state index is 0. The molecule has 0 radical (unpaired) electrons. The summed E-state index contributed by atoms with van der Waals surface area (Å²) in [5, 5.41) is 4.01. The molecule has 0 fully saturated rings. The van der Waals surface area contributed by atoms with Gasteiger partial charge in [0.05, 0.1) is 5.71 Å². The van der Waals surface area contributed by atoms with E-state index in [1.807, 2.05) is 42.5 Å². The SMILES string of the molecule is CCC1=NOC([c-]2cccc2)C1.[Fe+2].c1cc[cH-]c1. The molecule has 1 aliphatic rings. The summed E-state index contributed by atoms with van der Waals surface area (Å²) in [5.74, 6) is 0. The summed E-state index contributed by atoms with van der Waals surface area (Å²) in [6.45, 7) is 2.11. The minimum atomic E-state index is 0. The van der Waals surface area contributed by atoms with Crippen molar-refractivity contribution in [3.05, 3.63) is 60.2 Å². The fourth-order valence-corrected chi connectivity index (χ4v) is 1.74. The second-order valence-electron chi connectivity index (χ2n) is 3.99. The van der Waals surface area contributed by atoms with Crippen molar-refractivity contribution in [1.29, 1.82) is 0 Å². The van der Waals surface area contributed by atoms with Crippen LogP contribution in [-0.2, 0) is 21.9 Å². The summed E-state index contributed by atoms with van der Waals surface area (Å²) in [6, 6.07) is 18.2. The third kappa shape index (κ3) is 4.17. The van der Waals surface area contributed by atoms with Crippen LogP contribution in [0.4, 0.5) is 0 Å². The largest absolute Gasteiger partial charge is 2.00 e. The Hall–Kier alpha value is -1.31. The molecule has 0 aromatic heterocycles. The van der Waals surface area contributed by atoms with Crippen molar-refractivity contribution in [2.24, 2.45) is 5.16 Å². The quantitative estimate of drug-likeness (QED) is 0.602. The van der Waals surface area contributed by atoms with Crippen molar-refractivity contribution < 1.29 is 21.9 Å². The summed E-state index contributed by atoms with van der Waals surface area (Å²) in [4.78, 5) is 5.29. The Bertz CT molecular complexity index is 414. The predicted octanol–water partition coefficient (Wildman–Crippen LogP) is 4.04. The first kappa shape index (κ1) is 14.7. The predicted molar refractivity (Wildman–Crippen MR) is 70.2 cm³/mol. The van der Waals surface area contributed by atoms with Gasteiger partial charge in [-0.05, 0) is 6.42 Å². The molecule has 1 aliphatic heterocycles. The first-order valence-corrected chi connectivity index (χ1v) is 6.00. The Labute approximate surface area is 119 Å². The topological polar surface area (TPSA) is 21.6 Å². The van der Waals surface area contributed by atoms with Crippen LogP contribution in [0, 0.1) is 0 Å². The van der Waals surface area contributed by atoms with Gasteiger partial charge < -0.3 is 4.84 Å². The fraction of sp³-hybridized carbons (Fsp3) is 0.267. The van der Waals surface area contributed by atoms with Crippen molar-refractivity contribution in [2.45, 2.75) is 25.9 Å². The Balaban J connectivity index is 0.000000230. The fourth-order valence-electron chi connectivity index (χ4n) is 1.74. The molecule has 96 valence electrons. The van der Waals surface area contributed by atoms with Gasteiger partial charge in [-0.25, -0.2) is 24.3 Å². The van der Waals surface area contributed by atoms with Gasteiger partial charge in [0.25, 0.3) is 0 Å². The first-order valence-electron chi connectivity index (χ1n) is 6.00. The molecule has 18 heavy (non-hydrogen) atoms. The molecule has 3 rings (SSSR count). The van der Waals surface area contributed by atoms with Crippen LogP contribution in [0.1, 0.15) is 31.4 Å². The van der Waals surface area contributed by atoms with E-state index in [4.69, 9.17) is 4.84 Å². The molecular formula is C15H17FeNO. The second-order valence-corrected chi connectivity index (χ2v) is 3.99. The van der Waals surface area contributed by atoms with Crippen molar-refractivity contribution in [2.75, 3.05) is 0 Å². The monoisotopic (exact) mass is 283 g/mol. The molecule has 2 aromatic rings. The summed E-state index contributed by atoms with van der Waals surface area (Å²) in [5.41, 5.74) is 2.41. The van der Waals surface area contributed by atoms with Crippen molar-refractivity contribution in [3.63, 3.8) is 0 Å². The van der Waals surface area contributed by atoms with Gasteiger partial charge in [0, 0.05) is 6.42 Å². The molecule has 0 spiro atoms. The van der Waals surface area contributed by atoms with Gasteiger partial charge in [-0.3, -0.25) is 0 Å². The number of hydrogen-bond donors (Lipinski definition) is 0. The standard InChI is InChI=1S/C10H12NO.C5H5.Fe/c1-2-9-7-10(12-11-9)8-5-3-4-6-8;1-2-4-5-3-1;/h3-6,10H,2,7H2,1H3;1-5H;/q2*-1;+2. The van der Waals surface area contributed by atoms with Crippen molar-refractivity contribution >= 4 is 5.71 Å². The third-order valence-corrected chi connectivity index (χ3v) is 2.75. The van der Waals surface area contributed by atoms with Crippen LogP contribution < -0.4 is 0 Å². The van der Waals surface area contributed by atoms with E-state index in [1.54, 1.807) is 0 Å². The van der Waals surface area contributed by atoms with Crippen LogP contribution in [0.25, 0.3) is 0 Å². The molecule has 0 saturated carbocycles. The van der Waals surface area contributed by atoms with E-state index in [9.17, 15) is 0 Å². The Morgan fingerprint density at radius 3 is 2.39 bits per heavy atom. The van der Waals surface area contributed by atoms with E-state index < -0.39 is 0 Å². The normalized spacial score (nSPS) is 16.9. The van der Waals surface area contributed by atoms with Gasteiger partial charge in [0.15, 0.2) is 0 Å². The summed E-state index contributed by atoms with van der Waals surface area (Å²) in [6.07, 6.45) is 2.13. The van der Waals surface area contributed by atoms with Crippen molar-refractivity contribution in [3.8, 4) is 0 Å². The maximum Gasteiger partial charge on any atom is 2.00 e. The van der Waals surface area contributed by atoms with Gasteiger partial charge in [-0.15, -0.1) is 5.56 Å². The smallest absolute Gasteiger partial charge is 0.400 e. The van der Waals surface area contributed by atoms with E-state index in [2.05, 4.69) is 24.2 Å². The third-order valence-electron chi connectivity index (χ3n) is 2.75. The molecule has 1 atom stereocenters. The van der Waals surface area contributed by atoms with Gasteiger partial charge in [-0.2, -0.15) is 30.3 Å². The molecule has 0 N–H and O–H groups in total. The maximum atomic E-state index is 5.29. The zero-order valence-electron chi connectivity index (χ0n) is 10.4. The molecule has 2 aromatic carbocycles. The molecule has 0 saturated heterocycles. The number of oxime groups is 1. The first-order chi connectivity index (χ1) is 8.40. The van der Waals surface area contributed by atoms with E-state index in [0.29, 0.717) is 0 Å². The Morgan fingerprint density at radius 2 is 1.94 bits per heavy atom. The molecule has 2 nitrogen and oxygen atoms in total. The maximum absolute atomic E-state index is 5.29. The molecule has 0 amide bonds. The van der Waals surface area contributed by atoms with Crippen molar-refractivity contribution in [1.82, 2.24) is 0 Å². The molecule has 1 heterocycles. The average Bonchev–Trinajstić information content (AvgIpc) is 3.12. The summed E-state index contributed by atoms with van der Waals surface area (Å²) < 4.78 is 0. The van der Waals surface area contributed by atoms with E-state index in [0.717, 1.165) is 12.8 Å². The van der Waals surface area contributed by atoms with E-state index >= 15 is 0 Å². The van der Waals surface area contributed by atoms with Crippen LogP contribution in [0.3, 0.4) is 0 Å². The van der Waals surface area contributed by atoms with Crippen LogP contribution >= 0.6 is 0 Å². The van der Waals surface area contributed by atoms with Gasteiger partial charge in [-0.1, -0.05) is 12.1 Å². The van der Waals surface area contributed by atoms with Crippen LogP contribution in [-0.4, -0.2) is 5.71 Å². The van der Waals surface area contributed by atoms with Crippen LogP contribution in [0.2, 0.25) is 0 Å². The van der Waals surface area contributed by atoms with Crippen LogP contribution in [0.5, 0.6) is 0 Å². The Kier molecular flexibility index (Phi) is 6.48. The average molecular weight is 283 g/mol. The Morgan fingerprint density at radius 1 is 1.28 bits per heavy atom. The van der Waals surface area contributed by atoms with Gasteiger partial charge in [0.2, 0.25) is 0 Å². The zero-order valence-corrected chi connectivity index (χ0v) is 11.5. The molecule has 3 heteroatoms. The zero-order chi connectivity index (χ0) is 11.9. The number of hydrogen-bond acceptors (Lipinski definition) is 2. The minimum Gasteiger partial charge on any atom is -0.400 e. The summed E-state index contributed by atoms with van der Waals surface area (Å²) >= 11 is 0. The van der Waals surface area contributed by atoms with E-state index in [1.165, 1.54) is 11.3 Å². The number of rotatable bonds is 2. The summed E-state index contributed by atoms with van der Waals surface area (Å²) in [7, 11) is 0. The van der Waals surface area contributed by atoms with Crippen LogP contribution in [0.15, 0.2) is 59.8 Å². The molecular weight excluding hydrogens is 266 g/mol. The van der Waals surface area contributed by atoms with Gasteiger partial charge >= 0.3 is 17.1 Å². The van der Waals surface area contributed by atoms with E-state index in [-0.39, 0.29) is 23.2 Å². The second kappa shape index (κ2) is 7.91. The molecule has 0 aliphatic carbocycles. The van der Waals surface area contributed by atoms with Gasteiger partial charge in [0.1, 0.15) is 6.10 Å². The number of nitrogens with zero attached hydrogens (tertiary/aromatic N) is 1. The molecule has 1 unspecified atom stereocenters.